The van der Waals surface area contributed by atoms with Crippen LogP contribution >= 0.6 is 15.9 Å². The Kier molecular flexibility index (Phi) is 10.3. The van der Waals surface area contributed by atoms with E-state index in [1.807, 2.05) is 58.2 Å². The van der Waals surface area contributed by atoms with Crippen LogP contribution in [0, 0.1) is 23.7 Å². The molecule has 1 atom stereocenters. The SMILES string of the molecule is CC.CC/C=C(\C)Nc1c(C)c(Br)cn(-c2cccc(C(C(=N)N(C)C=N)C3CCC3)c2)c1=O. The van der Waals surface area contributed by atoms with Gasteiger partial charge in [0.25, 0.3) is 5.56 Å². The van der Waals surface area contributed by atoms with Gasteiger partial charge in [-0.3, -0.25) is 20.2 Å². The van der Waals surface area contributed by atoms with E-state index in [-0.39, 0.29) is 11.5 Å². The van der Waals surface area contributed by atoms with E-state index in [4.69, 9.17) is 10.8 Å². The van der Waals surface area contributed by atoms with Crippen LogP contribution in [0.3, 0.4) is 0 Å². The number of anilines is 1. The van der Waals surface area contributed by atoms with Crippen LogP contribution in [-0.4, -0.2) is 28.7 Å². The first-order chi connectivity index (χ1) is 16.3. The van der Waals surface area contributed by atoms with Crippen LogP contribution in [0.25, 0.3) is 5.69 Å². The molecule has 3 N–H and O–H groups in total. The van der Waals surface area contributed by atoms with Crippen LogP contribution in [-0.2, 0) is 0 Å². The molecule has 0 spiro atoms. The van der Waals surface area contributed by atoms with Crippen molar-refractivity contribution in [2.45, 2.75) is 66.2 Å². The standard InChI is InChI=1S/C25H32BrN5O.C2H6/c1-5-8-16(2)29-23-17(3)21(26)14-31(25(23)32)20-12-7-11-19(13-20)22(18-9-6-10-18)24(28)30(4)15-27;1-2/h7-8,11-15,18,22,27-29H,5-6,9-10H2,1-4H3;1-2H3/b16-8+,27-15?,28-24?;. The summed E-state index contributed by atoms with van der Waals surface area (Å²) in [6.07, 6.45) is 9.27. The molecule has 0 aliphatic heterocycles. The predicted octanol–water partition coefficient (Wildman–Crippen LogP) is 7.06. The van der Waals surface area contributed by atoms with Gasteiger partial charge in [-0.1, -0.05) is 45.4 Å². The minimum atomic E-state index is -0.112. The maximum absolute atomic E-state index is 13.4. The third-order valence-electron chi connectivity index (χ3n) is 6.24. The van der Waals surface area contributed by atoms with Gasteiger partial charge in [0.05, 0.1) is 6.34 Å². The zero-order chi connectivity index (χ0) is 25.4. The first-order valence-electron chi connectivity index (χ1n) is 12.1. The van der Waals surface area contributed by atoms with Crippen LogP contribution in [0.15, 0.2) is 51.5 Å². The molecular weight excluding hydrogens is 490 g/mol. The summed E-state index contributed by atoms with van der Waals surface area (Å²) >= 11 is 3.62. The summed E-state index contributed by atoms with van der Waals surface area (Å²) in [6.45, 7) is 9.95. The van der Waals surface area contributed by atoms with Crippen molar-refractivity contribution in [3.8, 4) is 5.69 Å². The van der Waals surface area contributed by atoms with Gasteiger partial charge in [-0.15, -0.1) is 0 Å². The predicted molar refractivity (Wildman–Crippen MR) is 148 cm³/mol. The minimum absolute atomic E-state index is 0.0905. The second-order valence-electron chi connectivity index (χ2n) is 8.46. The van der Waals surface area contributed by atoms with Crippen LogP contribution in [0.4, 0.5) is 5.69 Å². The Morgan fingerprint density at radius 2 is 2.03 bits per heavy atom. The third kappa shape index (κ3) is 6.06. The highest BCUT2D eigenvalue weighted by Gasteiger charge is 2.33. The molecule has 1 aromatic heterocycles. The minimum Gasteiger partial charge on any atom is -0.355 e. The van der Waals surface area contributed by atoms with Gasteiger partial charge in [0, 0.05) is 35.0 Å². The molecular formula is C27H38BrN5O. The molecule has 1 aliphatic carbocycles. The molecule has 0 radical (unpaired) electrons. The Morgan fingerprint density at radius 1 is 1.35 bits per heavy atom. The van der Waals surface area contributed by atoms with E-state index in [2.05, 4.69) is 34.2 Å². The van der Waals surface area contributed by atoms with E-state index in [9.17, 15) is 4.79 Å². The number of benzene rings is 1. The third-order valence-corrected chi connectivity index (χ3v) is 7.04. The molecule has 0 bridgehead atoms. The first kappa shape index (κ1) is 27.6. The van der Waals surface area contributed by atoms with Crippen LogP contribution in [0.2, 0.25) is 0 Å². The Bertz CT molecular complexity index is 1100. The largest absolute Gasteiger partial charge is 0.355 e. The second-order valence-corrected chi connectivity index (χ2v) is 9.32. The molecule has 0 saturated heterocycles. The molecule has 1 aliphatic rings. The normalized spacial score (nSPS) is 14.4. The second kappa shape index (κ2) is 12.7. The number of aromatic nitrogens is 1. The molecule has 1 aromatic carbocycles. The maximum atomic E-state index is 13.4. The number of rotatable bonds is 8. The molecule has 2 aromatic rings. The molecule has 1 saturated carbocycles. The van der Waals surface area contributed by atoms with Crippen molar-refractivity contribution in [1.82, 2.24) is 9.47 Å². The zero-order valence-corrected chi connectivity index (χ0v) is 22.8. The molecule has 3 rings (SSSR count). The van der Waals surface area contributed by atoms with Gasteiger partial charge in [0.15, 0.2) is 0 Å². The van der Waals surface area contributed by atoms with Crippen molar-refractivity contribution < 1.29 is 0 Å². The molecule has 1 fully saturated rings. The van der Waals surface area contributed by atoms with E-state index in [1.165, 1.54) is 12.8 Å². The van der Waals surface area contributed by atoms with Crippen molar-refractivity contribution in [2.24, 2.45) is 5.92 Å². The highest BCUT2D eigenvalue weighted by Crippen LogP contribution is 2.40. The van der Waals surface area contributed by atoms with Crippen molar-refractivity contribution in [3.63, 3.8) is 0 Å². The topological polar surface area (TPSA) is 85.0 Å². The van der Waals surface area contributed by atoms with Crippen molar-refractivity contribution in [2.75, 3.05) is 12.4 Å². The van der Waals surface area contributed by atoms with Gasteiger partial charge < -0.3 is 10.2 Å². The number of nitrogens with zero attached hydrogens (tertiary/aromatic N) is 2. The molecule has 184 valence electrons. The number of allylic oxidation sites excluding steroid dienone is 2. The summed E-state index contributed by atoms with van der Waals surface area (Å²) in [7, 11) is 1.75. The van der Waals surface area contributed by atoms with Gasteiger partial charge in [0.2, 0.25) is 0 Å². The van der Waals surface area contributed by atoms with E-state index < -0.39 is 0 Å². The molecule has 0 amide bonds. The average molecular weight is 529 g/mol. The number of hydrogen-bond acceptors (Lipinski definition) is 4. The number of amidine groups is 1. The summed E-state index contributed by atoms with van der Waals surface area (Å²) in [5, 5.41) is 19.5. The molecule has 1 unspecified atom stereocenters. The van der Waals surface area contributed by atoms with Gasteiger partial charge in [-0.2, -0.15) is 0 Å². The lowest BCUT2D eigenvalue weighted by molar-refractivity contribution is 0.291. The summed E-state index contributed by atoms with van der Waals surface area (Å²) in [4.78, 5) is 15.0. The van der Waals surface area contributed by atoms with Crippen LogP contribution in [0.1, 0.15) is 70.4 Å². The average Bonchev–Trinajstić information content (AvgIpc) is 2.81. The quantitative estimate of drug-likeness (QED) is 0.253. The fourth-order valence-corrected chi connectivity index (χ4v) is 4.55. The van der Waals surface area contributed by atoms with Gasteiger partial charge in [-0.05, 0) is 78.2 Å². The zero-order valence-electron chi connectivity index (χ0n) is 21.2. The summed E-state index contributed by atoms with van der Waals surface area (Å²) in [5.41, 5.74) is 4.03. The van der Waals surface area contributed by atoms with E-state index >= 15 is 0 Å². The van der Waals surface area contributed by atoms with Crippen LogP contribution < -0.4 is 10.9 Å². The Labute approximate surface area is 212 Å². The molecule has 1 heterocycles. The Balaban J connectivity index is 0.00000199. The number of halogens is 1. The van der Waals surface area contributed by atoms with Gasteiger partial charge in [0.1, 0.15) is 11.5 Å². The number of pyridine rings is 1. The Morgan fingerprint density at radius 3 is 2.59 bits per heavy atom. The van der Waals surface area contributed by atoms with Crippen LogP contribution in [0.5, 0.6) is 0 Å². The van der Waals surface area contributed by atoms with Gasteiger partial charge in [-0.25, -0.2) is 0 Å². The lowest BCUT2D eigenvalue weighted by atomic mass is 9.72. The molecule has 7 heteroatoms. The summed E-state index contributed by atoms with van der Waals surface area (Å²) < 4.78 is 2.50. The first-order valence-corrected chi connectivity index (χ1v) is 12.9. The fourth-order valence-electron chi connectivity index (χ4n) is 4.15. The number of likely N-dealkylation sites (N-methyl/N-ethyl adjacent to an activating group) is 1. The maximum Gasteiger partial charge on any atom is 0.279 e. The smallest absolute Gasteiger partial charge is 0.279 e. The van der Waals surface area contributed by atoms with Crippen molar-refractivity contribution in [3.05, 3.63) is 68.2 Å². The highest BCUT2D eigenvalue weighted by molar-refractivity contribution is 9.10. The van der Waals surface area contributed by atoms with Crippen molar-refractivity contribution in [1.29, 1.82) is 10.8 Å². The fraction of sp³-hybridized carbons (Fsp3) is 0.444. The van der Waals surface area contributed by atoms with E-state index in [1.54, 1.807) is 16.5 Å². The Hall–Kier alpha value is -2.67. The van der Waals surface area contributed by atoms with Crippen molar-refractivity contribution >= 4 is 33.8 Å². The van der Waals surface area contributed by atoms with Gasteiger partial charge >= 0.3 is 0 Å². The highest BCUT2D eigenvalue weighted by atomic mass is 79.9. The monoisotopic (exact) mass is 527 g/mol. The summed E-state index contributed by atoms with van der Waals surface area (Å²) in [6, 6.07) is 7.91. The number of nitrogens with one attached hydrogen (secondary N) is 3. The lowest BCUT2D eigenvalue weighted by Crippen LogP contribution is -2.36. The van der Waals surface area contributed by atoms with E-state index in [0.29, 0.717) is 17.4 Å². The summed E-state index contributed by atoms with van der Waals surface area (Å²) in [5.74, 6) is 0.717. The lowest BCUT2D eigenvalue weighted by Gasteiger charge is -2.36. The number of hydrogen-bond donors (Lipinski definition) is 3. The molecule has 34 heavy (non-hydrogen) atoms. The van der Waals surface area contributed by atoms with E-state index in [0.717, 1.165) is 46.2 Å². The molecule has 6 nitrogen and oxygen atoms in total.